The van der Waals surface area contributed by atoms with Gasteiger partial charge in [0.05, 0.1) is 18.0 Å². The van der Waals surface area contributed by atoms with Gasteiger partial charge in [-0.25, -0.2) is 4.98 Å². The number of carbonyl (C=O) groups is 1. The van der Waals surface area contributed by atoms with Gasteiger partial charge in [-0.1, -0.05) is 0 Å². The number of amides is 1. The standard InChI is InChI=1S/C15H16N4O2/c1-19-7-8(6-17-19)10-5-12(15(16)20)18-14-11(10)4-9-2-3-13(14)21-9/h5-7,9,13H,2-4H2,1H3,(H2,16,20)/t9-,13+/m1/s1. The van der Waals surface area contributed by atoms with Crippen LogP contribution in [0.2, 0.25) is 0 Å². The maximum absolute atomic E-state index is 11.6. The zero-order chi connectivity index (χ0) is 14.6. The third-order valence-electron chi connectivity index (χ3n) is 4.27. The lowest BCUT2D eigenvalue weighted by molar-refractivity contribution is 0.0295. The Balaban J connectivity index is 1.95. The summed E-state index contributed by atoms with van der Waals surface area (Å²) < 4.78 is 7.67. The van der Waals surface area contributed by atoms with E-state index in [0.717, 1.165) is 36.1 Å². The van der Waals surface area contributed by atoms with Crippen LogP contribution in [-0.2, 0) is 18.2 Å². The van der Waals surface area contributed by atoms with Crippen molar-refractivity contribution in [1.82, 2.24) is 14.8 Å². The van der Waals surface area contributed by atoms with Crippen LogP contribution in [0.3, 0.4) is 0 Å². The van der Waals surface area contributed by atoms with E-state index >= 15 is 0 Å². The van der Waals surface area contributed by atoms with Crippen LogP contribution in [0, 0.1) is 0 Å². The van der Waals surface area contributed by atoms with Gasteiger partial charge in [-0.05, 0) is 30.0 Å². The molecule has 2 aromatic heterocycles. The van der Waals surface area contributed by atoms with Crippen molar-refractivity contribution in [3.8, 4) is 11.1 Å². The first kappa shape index (κ1) is 12.5. The van der Waals surface area contributed by atoms with Crippen LogP contribution in [0.25, 0.3) is 11.1 Å². The van der Waals surface area contributed by atoms with Crippen LogP contribution < -0.4 is 5.73 Å². The zero-order valence-electron chi connectivity index (χ0n) is 11.7. The minimum absolute atomic E-state index is 0.00604. The van der Waals surface area contributed by atoms with Gasteiger partial charge in [-0.2, -0.15) is 5.10 Å². The first-order valence-electron chi connectivity index (χ1n) is 7.10. The first-order chi connectivity index (χ1) is 10.1. The molecule has 4 heterocycles. The summed E-state index contributed by atoms with van der Waals surface area (Å²) in [6.07, 6.45) is 6.84. The molecule has 2 aromatic rings. The number of hydrogen-bond donors (Lipinski definition) is 1. The van der Waals surface area contributed by atoms with E-state index in [-0.39, 0.29) is 12.2 Å². The van der Waals surface area contributed by atoms with Gasteiger partial charge in [-0.15, -0.1) is 0 Å². The van der Waals surface area contributed by atoms with E-state index in [9.17, 15) is 4.79 Å². The van der Waals surface area contributed by atoms with Crippen molar-refractivity contribution in [3.63, 3.8) is 0 Å². The van der Waals surface area contributed by atoms with Crippen LogP contribution in [0.1, 0.15) is 40.7 Å². The van der Waals surface area contributed by atoms with E-state index in [1.807, 2.05) is 13.2 Å². The largest absolute Gasteiger partial charge is 0.368 e. The van der Waals surface area contributed by atoms with Crippen molar-refractivity contribution in [2.45, 2.75) is 31.5 Å². The number of pyridine rings is 1. The molecule has 1 amide bonds. The summed E-state index contributed by atoms with van der Waals surface area (Å²) in [6.45, 7) is 0. The smallest absolute Gasteiger partial charge is 0.267 e. The third-order valence-corrected chi connectivity index (χ3v) is 4.27. The minimum atomic E-state index is -0.511. The molecule has 2 N–H and O–H groups in total. The van der Waals surface area contributed by atoms with Crippen LogP contribution >= 0.6 is 0 Å². The molecule has 4 rings (SSSR count). The van der Waals surface area contributed by atoms with Crippen molar-refractivity contribution >= 4 is 5.91 Å². The summed E-state index contributed by atoms with van der Waals surface area (Å²) in [7, 11) is 1.87. The Morgan fingerprint density at radius 2 is 2.33 bits per heavy atom. The SMILES string of the molecule is Cn1cc(-c2cc(C(N)=O)nc3c2C[C@H]2CC[C@@H]3O2)cn1. The highest BCUT2D eigenvalue weighted by molar-refractivity contribution is 5.92. The molecular formula is C15H16N4O2. The van der Waals surface area contributed by atoms with Crippen molar-refractivity contribution in [2.24, 2.45) is 12.8 Å². The highest BCUT2D eigenvalue weighted by Crippen LogP contribution is 2.43. The van der Waals surface area contributed by atoms with E-state index in [1.165, 1.54) is 5.56 Å². The summed E-state index contributed by atoms with van der Waals surface area (Å²) >= 11 is 0. The Morgan fingerprint density at radius 1 is 1.48 bits per heavy atom. The second-order valence-corrected chi connectivity index (χ2v) is 5.71. The monoisotopic (exact) mass is 284 g/mol. The lowest BCUT2D eigenvalue weighted by Crippen LogP contribution is -2.23. The fraction of sp³-hybridized carbons (Fsp3) is 0.400. The number of primary amides is 1. The number of fused-ring (bicyclic) bond motifs is 4. The Labute approximate surface area is 121 Å². The van der Waals surface area contributed by atoms with E-state index in [2.05, 4.69) is 10.1 Å². The molecular weight excluding hydrogens is 268 g/mol. The molecule has 6 nitrogen and oxygen atoms in total. The highest BCUT2D eigenvalue weighted by Gasteiger charge is 2.37. The third kappa shape index (κ3) is 1.94. The summed E-state index contributed by atoms with van der Waals surface area (Å²) in [5.41, 5.74) is 9.76. The van der Waals surface area contributed by atoms with Gasteiger partial charge in [0.25, 0.3) is 5.91 Å². The highest BCUT2D eigenvalue weighted by atomic mass is 16.5. The minimum Gasteiger partial charge on any atom is -0.368 e. The van der Waals surface area contributed by atoms with Gasteiger partial charge in [0.1, 0.15) is 11.8 Å². The van der Waals surface area contributed by atoms with Crippen molar-refractivity contribution < 1.29 is 9.53 Å². The van der Waals surface area contributed by atoms with Gasteiger partial charge in [0.2, 0.25) is 0 Å². The quantitative estimate of drug-likeness (QED) is 0.902. The van der Waals surface area contributed by atoms with Gasteiger partial charge in [0, 0.05) is 25.2 Å². The molecule has 108 valence electrons. The summed E-state index contributed by atoms with van der Waals surface area (Å²) in [4.78, 5) is 16.0. The molecule has 21 heavy (non-hydrogen) atoms. The fourth-order valence-corrected chi connectivity index (χ4v) is 3.30. The number of aromatic nitrogens is 3. The predicted molar refractivity (Wildman–Crippen MR) is 75.5 cm³/mol. The molecule has 0 unspecified atom stereocenters. The van der Waals surface area contributed by atoms with Gasteiger partial charge >= 0.3 is 0 Å². The van der Waals surface area contributed by atoms with Crippen LogP contribution in [0.5, 0.6) is 0 Å². The normalized spacial score (nSPS) is 23.1. The number of ether oxygens (including phenoxy) is 1. The number of carbonyl (C=O) groups excluding carboxylic acids is 1. The summed E-state index contributed by atoms with van der Waals surface area (Å²) in [6, 6.07) is 1.78. The van der Waals surface area contributed by atoms with Crippen molar-refractivity contribution in [2.75, 3.05) is 0 Å². The van der Waals surface area contributed by atoms with Crippen LogP contribution in [0.15, 0.2) is 18.5 Å². The number of hydrogen-bond acceptors (Lipinski definition) is 4. The fourth-order valence-electron chi connectivity index (χ4n) is 3.30. The summed E-state index contributed by atoms with van der Waals surface area (Å²) in [5.74, 6) is -0.511. The Hall–Kier alpha value is -2.21. The van der Waals surface area contributed by atoms with Gasteiger partial charge in [0.15, 0.2) is 0 Å². The Morgan fingerprint density at radius 3 is 3.05 bits per heavy atom. The first-order valence-corrected chi connectivity index (χ1v) is 7.10. The van der Waals surface area contributed by atoms with Gasteiger partial charge < -0.3 is 10.5 Å². The maximum atomic E-state index is 11.6. The van der Waals surface area contributed by atoms with Crippen LogP contribution in [-0.4, -0.2) is 26.8 Å². The lowest BCUT2D eigenvalue weighted by atomic mass is 9.94. The number of rotatable bonds is 2. The van der Waals surface area contributed by atoms with E-state index in [4.69, 9.17) is 10.5 Å². The molecule has 2 aliphatic heterocycles. The molecule has 2 aliphatic rings. The molecule has 6 heteroatoms. The average molecular weight is 284 g/mol. The molecule has 0 saturated carbocycles. The van der Waals surface area contributed by atoms with E-state index in [1.54, 1.807) is 16.9 Å². The van der Waals surface area contributed by atoms with Crippen molar-refractivity contribution in [1.29, 1.82) is 0 Å². The molecule has 0 aliphatic carbocycles. The molecule has 0 aromatic carbocycles. The topological polar surface area (TPSA) is 83.0 Å². The molecule has 1 saturated heterocycles. The Bertz CT molecular complexity index is 737. The average Bonchev–Trinajstić information content (AvgIpc) is 3.05. The number of nitrogens with zero attached hydrogens (tertiary/aromatic N) is 3. The maximum Gasteiger partial charge on any atom is 0.267 e. The zero-order valence-corrected chi connectivity index (χ0v) is 11.7. The number of aryl methyl sites for hydroxylation is 1. The molecule has 0 radical (unpaired) electrons. The van der Waals surface area contributed by atoms with E-state index in [0.29, 0.717) is 5.69 Å². The molecule has 2 bridgehead atoms. The molecule has 1 fully saturated rings. The van der Waals surface area contributed by atoms with Crippen molar-refractivity contribution in [3.05, 3.63) is 35.4 Å². The lowest BCUT2D eigenvalue weighted by Gasteiger charge is -2.25. The molecule has 2 atom stereocenters. The van der Waals surface area contributed by atoms with Gasteiger partial charge in [-0.3, -0.25) is 9.48 Å². The second-order valence-electron chi connectivity index (χ2n) is 5.71. The van der Waals surface area contributed by atoms with Crippen LogP contribution in [0.4, 0.5) is 0 Å². The molecule has 0 spiro atoms. The summed E-state index contributed by atoms with van der Waals surface area (Å²) in [5, 5.41) is 4.22. The Kier molecular flexibility index (Phi) is 2.62. The number of nitrogens with two attached hydrogens (primary N) is 1. The second kappa shape index (κ2) is 4.39. The van der Waals surface area contributed by atoms with E-state index < -0.39 is 5.91 Å². The predicted octanol–water partition coefficient (Wildman–Crippen LogP) is 1.36.